The summed E-state index contributed by atoms with van der Waals surface area (Å²) in [5.41, 5.74) is 0.591. The molecular weight excluding hydrogens is 250 g/mol. The smallest absolute Gasteiger partial charge is 0.335 e. The normalized spacial score (nSPS) is 9.68. The molecule has 2 aromatic rings. The van der Waals surface area contributed by atoms with Crippen LogP contribution in [-0.4, -0.2) is 32.3 Å². The first-order chi connectivity index (χ1) is 9.15. The van der Waals surface area contributed by atoms with Crippen molar-refractivity contribution < 1.29 is 14.7 Å². The molecule has 1 aromatic heterocycles. The second-order valence-corrected chi connectivity index (χ2v) is 3.43. The molecule has 0 atom stereocenters. The molecule has 0 radical (unpaired) electrons. The van der Waals surface area contributed by atoms with Gasteiger partial charge in [-0.1, -0.05) is 0 Å². The van der Waals surface area contributed by atoms with Crippen LogP contribution in [0.1, 0.15) is 10.4 Å². The van der Waals surface area contributed by atoms with E-state index in [0.717, 1.165) is 0 Å². The number of carbonyl (C=O) groups is 2. The minimum atomic E-state index is -1.03. The molecule has 0 spiro atoms. The van der Waals surface area contributed by atoms with Gasteiger partial charge >= 0.3 is 12.0 Å². The molecule has 0 bridgehead atoms. The van der Waals surface area contributed by atoms with E-state index in [1.54, 1.807) is 0 Å². The van der Waals surface area contributed by atoms with Crippen molar-refractivity contribution in [2.75, 3.05) is 10.6 Å². The molecule has 1 aromatic carbocycles. The van der Waals surface area contributed by atoms with Crippen molar-refractivity contribution in [1.82, 2.24) is 15.2 Å². The second kappa shape index (κ2) is 5.54. The SMILES string of the molecule is O=C(Nc1ccc(C(=O)O)cc1)Nc1nccnn1. The third-order valence-corrected chi connectivity index (χ3v) is 2.10. The molecule has 8 heteroatoms. The molecule has 2 amide bonds. The summed E-state index contributed by atoms with van der Waals surface area (Å²) in [5.74, 6) is -0.957. The Morgan fingerprint density at radius 1 is 1.05 bits per heavy atom. The van der Waals surface area contributed by atoms with Crippen LogP contribution in [0.2, 0.25) is 0 Å². The van der Waals surface area contributed by atoms with Gasteiger partial charge in [0, 0.05) is 5.69 Å². The lowest BCUT2D eigenvalue weighted by atomic mass is 10.2. The number of benzene rings is 1. The predicted octanol–water partition coefficient (Wildman–Crippen LogP) is 1.21. The number of carboxylic acids is 1. The summed E-state index contributed by atoms with van der Waals surface area (Å²) in [6, 6.07) is 5.19. The first-order valence-corrected chi connectivity index (χ1v) is 5.20. The first-order valence-electron chi connectivity index (χ1n) is 5.20. The molecule has 3 N–H and O–H groups in total. The molecule has 2 rings (SSSR count). The maximum atomic E-state index is 11.6. The molecule has 0 aliphatic heterocycles. The number of nitrogens with one attached hydrogen (secondary N) is 2. The summed E-state index contributed by atoms with van der Waals surface area (Å²) in [7, 11) is 0. The number of nitrogens with zero attached hydrogens (tertiary/aromatic N) is 3. The molecule has 0 saturated carbocycles. The van der Waals surface area contributed by atoms with E-state index in [2.05, 4.69) is 25.8 Å². The van der Waals surface area contributed by atoms with Crippen LogP contribution in [0.5, 0.6) is 0 Å². The van der Waals surface area contributed by atoms with Crippen LogP contribution in [-0.2, 0) is 0 Å². The number of rotatable bonds is 3. The summed E-state index contributed by atoms with van der Waals surface area (Å²) >= 11 is 0. The predicted molar refractivity (Wildman–Crippen MR) is 65.9 cm³/mol. The van der Waals surface area contributed by atoms with E-state index < -0.39 is 12.0 Å². The van der Waals surface area contributed by atoms with E-state index in [9.17, 15) is 9.59 Å². The molecule has 0 saturated heterocycles. The number of anilines is 2. The molecule has 0 unspecified atom stereocenters. The Balaban J connectivity index is 1.97. The number of hydrogen-bond donors (Lipinski definition) is 3. The van der Waals surface area contributed by atoms with Gasteiger partial charge in [-0.15, -0.1) is 5.10 Å². The maximum absolute atomic E-state index is 11.6. The molecule has 1 heterocycles. The average Bonchev–Trinajstić information content (AvgIpc) is 2.40. The van der Waals surface area contributed by atoms with Gasteiger partial charge in [-0.2, -0.15) is 5.10 Å². The Bertz CT molecular complexity index is 585. The highest BCUT2D eigenvalue weighted by atomic mass is 16.4. The van der Waals surface area contributed by atoms with Crippen LogP contribution < -0.4 is 10.6 Å². The van der Waals surface area contributed by atoms with Gasteiger partial charge in [-0.25, -0.2) is 14.6 Å². The van der Waals surface area contributed by atoms with Crippen molar-refractivity contribution in [1.29, 1.82) is 0 Å². The van der Waals surface area contributed by atoms with Crippen LogP contribution >= 0.6 is 0 Å². The second-order valence-electron chi connectivity index (χ2n) is 3.43. The molecule has 8 nitrogen and oxygen atoms in total. The summed E-state index contributed by atoms with van der Waals surface area (Å²) in [4.78, 5) is 26.0. The third kappa shape index (κ3) is 3.46. The maximum Gasteiger partial charge on any atom is 0.335 e. The summed E-state index contributed by atoms with van der Waals surface area (Å²) in [6.45, 7) is 0. The van der Waals surface area contributed by atoms with Gasteiger partial charge in [0.25, 0.3) is 5.95 Å². The molecule has 0 aliphatic carbocycles. The van der Waals surface area contributed by atoms with Crippen LogP contribution in [0.4, 0.5) is 16.4 Å². The van der Waals surface area contributed by atoms with Crippen molar-refractivity contribution in [2.24, 2.45) is 0 Å². The quantitative estimate of drug-likeness (QED) is 0.762. The molecule has 19 heavy (non-hydrogen) atoms. The lowest BCUT2D eigenvalue weighted by Gasteiger charge is -2.05. The summed E-state index contributed by atoms with van der Waals surface area (Å²) < 4.78 is 0. The fraction of sp³-hybridized carbons (Fsp3) is 0. The monoisotopic (exact) mass is 259 g/mol. The number of urea groups is 1. The standard InChI is InChI=1S/C11H9N5O3/c17-9(18)7-1-3-8(4-2-7)14-11(19)15-10-12-5-6-13-16-10/h1-6H,(H,17,18)(H2,12,14,15,16,19). The van der Waals surface area contributed by atoms with Gasteiger partial charge in [0.15, 0.2) is 0 Å². The van der Waals surface area contributed by atoms with Crippen molar-refractivity contribution >= 4 is 23.6 Å². The van der Waals surface area contributed by atoms with E-state index in [-0.39, 0.29) is 11.5 Å². The minimum absolute atomic E-state index is 0.0714. The molecule has 96 valence electrons. The highest BCUT2D eigenvalue weighted by Gasteiger charge is 2.06. The number of aromatic nitrogens is 3. The fourth-order valence-electron chi connectivity index (χ4n) is 1.26. The van der Waals surface area contributed by atoms with Crippen molar-refractivity contribution in [2.45, 2.75) is 0 Å². The minimum Gasteiger partial charge on any atom is -0.478 e. The topological polar surface area (TPSA) is 117 Å². The zero-order valence-corrected chi connectivity index (χ0v) is 9.57. The number of amides is 2. The highest BCUT2D eigenvalue weighted by Crippen LogP contribution is 2.09. The average molecular weight is 259 g/mol. The van der Waals surface area contributed by atoms with Crippen molar-refractivity contribution in [3.05, 3.63) is 42.2 Å². The number of aromatic carboxylic acids is 1. The lowest BCUT2D eigenvalue weighted by Crippen LogP contribution is -2.21. The summed E-state index contributed by atoms with van der Waals surface area (Å²) in [5, 5.41) is 20.8. The first kappa shape index (κ1) is 12.4. The highest BCUT2D eigenvalue weighted by molar-refractivity contribution is 5.99. The Kier molecular flexibility index (Phi) is 3.62. The number of carboxylic acid groups (broad SMARTS) is 1. The summed E-state index contributed by atoms with van der Waals surface area (Å²) in [6.07, 6.45) is 2.78. The van der Waals surface area contributed by atoms with Gasteiger partial charge in [-0.05, 0) is 24.3 Å². The van der Waals surface area contributed by atoms with Crippen molar-refractivity contribution in [3.8, 4) is 0 Å². The largest absolute Gasteiger partial charge is 0.478 e. The van der Waals surface area contributed by atoms with Gasteiger partial charge in [0.05, 0.1) is 18.0 Å². The Labute approximate surface area is 107 Å². The van der Waals surface area contributed by atoms with Crippen molar-refractivity contribution in [3.63, 3.8) is 0 Å². The van der Waals surface area contributed by atoms with E-state index in [1.165, 1.54) is 36.7 Å². The van der Waals surface area contributed by atoms with E-state index in [0.29, 0.717) is 5.69 Å². The Morgan fingerprint density at radius 3 is 2.37 bits per heavy atom. The van der Waals surface area contributed by atoms with Gasteiger partial charge in [0.2, 0.25) is 0 Å². The van der Waals surface area contributed by atoms with E-state index in [1.807, 2.05) is 0 Å². The lowest BCUT2D eigenvalue weighted by molar-refractivity contribution is 0.0697. The Hall–Kier alpha value is -3.03. The van der Waals surface area contributed by atoms with Gasteiger partial charge in [0.1, 0.15) is 0 Å². The number of hydrogen-bond acceptors (Lipinski definition) is 5. The number of carbonyl (C=O) groups excluding carboxylic acids is 1. The molecule has 0 aliphatic rings. The van der Waals surface area contributed by atoms with Gasteiger partial charge < -0.3 is 10.4 Å². The van der Waals surface area contributed by atoms with Crippen LogP contribution in [0.15, 0.2) is 36.7 Å². The zero-order valence-electron chi connectivity index (χ0n) is 9.57. The van der Waals surface area contributed by atoms with Crippen LogP contribution in [0, 0.1) is 0 Å². The molecule has 0 fully saturated rings. The van der Waals surface area contributed by atoms with Gasteiger partial charge in [-0.3, -0.25) is 5.32 Å². The third-order valence-electron chi connectivity index (χ3n) is 2.10. The Morgan fingerprint density at radius 2 is 1.79 bits per heavy atom. The molecular formula is C11H9N5O3. The zero-order chi connectivity index (χ0) is 13.7. The van der Waals surface area contributed by atoms with E-state index >= 15 is 0 Å². The fourth-order valence-corrected chi connectivity index (χ4v) is 1.26. The van der Waals surface area contributed by atoms with Crippen LogP contribution in [0.3, 0.4) is 0 Å². The van der Waals surface area contributed by atoms with Crippen LogP contribution in [0.25, 0.3) is 0 Å². The van der Waals surface area contributed by atoms with E-state index in [4.69, 9.17) is 5.11 Å².